The van der Waals surface area contributed by atoms with Gasteiger partial charge in [-0.2, -0.15) is 0 Å². The molecule has 0 aromatic rings. The van der Waals surface area contributed by atoms with Crippen LogP contribution in [0.15, 0.2) is 17.7 Å². The van der Waals surface area contributed by atoms with Crippen molar-refractivity contribution >= 4 is 5.94 Å². The Morgan fingerprint density at radius 2 is 2.56 bits per heavy atom. The van der Waals surface area contributed by atoms with Crippen molar-refractivity contribution in [1.82, 2.24) is 0 Å². The van der Waals surface area contributed by atoms with Crippen LogP contribution in [0.25, 0.3) is 0 Å². The van der Waals surface area contributed by atoms with Crippen LogP contribution in [-0.2, 0) is 4.79 Å². The fourth-order valence-electron chi connectivity index (χ4n) is 0.928. The van der Waals surface area contributed by atoms with Crippen molar-refractivity contribution in [3.05, 3.63) is 17.7 Å². The lowest BCUT2D eigenvalue weighted by Gasteiger charge is -2.09. The molecule has 0 aromatic carbocycles. The molecule has 1 nitrogen and oxygen atoms in total. The fraction of sp³-hybridized carbons (Fsp3) is 0.500. The van der Waals surface area contributed by atoms with Gasteiger partial charge in [0.25, 0.3) is 0 Å². The molecule has 0 saturated heterocycles. The molecule has 0 spiro atoms. The van der Waals surface area contributed by atoms with Crippen LogP contribution in [0.5, 0.6) is 0 Å². The van der Waals surface area contributed by atoms with Crippen LogP contribution in [-0.4, -0.2) is 5.94 Å². The van der Waals surface area contributed by atoms with Crippen LogP contribution in [0.3, 0.4) is 0 Å². The van der Waals surface area contributed by atoms with Crippen molar-refractivity contribution < 1.29 is 4.79 Å². The van der Waals surface area contributed by atoms with E-state index in [2.05, 4.69) is 13.0 Å². The average molecular weight is 122 g/mol. The smallest absolute Gasteiger partial charge is 0.127 e. The second-order valence-electron chi connectivity index (χ2n) is 2.50. The van der Waals surface area contributed by atoms with E-state index in [0.717, 1.165) is 18.4 Å². The zero-order valence-electron chi connectivity index (χ0n) is 5.55. The molecule has 0 aromatic heterocycles. The van der Waals surface area contributed by atoms with Crippen LogP contribution in [0, 0.1) is 5.92 Å². The number of hydrogen-bond donors (Lipinski definition) is 0. The molecule has 1 unspecified atom stereocenters. The molecule has 1 atom stereocenters. The van der Waals surface area contributed by atoms with E-state index in [9.17, 15) is 4.79 Å². The highest BCUT2D eigenvalue weighted by Crippen LogP contribution is 2.18. The first-order chi connectivity index (χ1) is 4.33. The molecule has 0 saturated carbocycles. The number of carbonyl (C=O) groups excluding carboxylic acids is 1. The predicted octanol–water partition coefficient (Wildman–Crippen LogP) is 1.73. The first kappa shape index (κ1) is 6.31. The van der Waals surface area contributed by atoms with E-state index >= 15 is 0 Å². The van der Waals surface area contributed by atoms with Gasteiger partial charge in [-0.1, -0.05) is 19.1 Å². The SMILES string of the molecule is CC1C=CC(=C=O)CC1. The van der Waals surface area contributed by atoms with Crippen LogP contribution >= 0.6 is 0 Å². The summed E-state index contributed by atoms with van der Waals surface area (Å²) in [4.78, 5) is 10.1. The Kier molecular flexibility index (Phi) is 1.86. The van der Waals surface area contributed by atoms with Gasteiger partial charge in [0.05, 0.1) is 0 Å². The highest BCUT2D eigenvalue weighted by atomic mass is 16.1. The summed E-state index contributed by atoms with van der Waals surface area (Å²) in [7, 11) is 0. The average Bonchev–Trinajstić information content (AvgIpc) is 1.90. The predicted molar refractivity (Wildman–Crippen MR) is 36.7 cm³/mol. The standard InChI is InChI=1S/C8H10O/c1-7-2-4-8(6-9)5-3-7/h2,4,7H,3,5H2,1H3. The summed E-state index contributed by atoms with van der Waals surface area (Å²) in [5, 5.41) is 0. The maximum Gasteiger partial charge on any atom is 0.127 e. The van der Waals surface area contributed by atoms with Gasteiger partial charge < -0.3 is 0 Å². The van der Waals surface area contributed by atoms with Crippen LogP contribution in [0.4, 0.5) is 0 Å². The highest BCUT2D eigenvalue weighted by molar-refractivity contribution is 5.57. The van der Waals surface area contributed by atoms with Gasteiger partial charge in [-0.05, 0) is 18.8 Å². The number of allylic oxidation sites excluding steroid dienone is 3. The Hall–Kier alpha value is -0.810. The van der Waals surface area contributed by atoms with Gasteiger partial charge in [-0.3, -0.25) is 0 Å². The summed E-state index contributed by atoms with van der Waals surface area (Å²) in [6.07, 6.45) is 5.94. The minimum absolute atomic E-state index is 0.641. The van der Waals surface area contributed by atoms with Crippen molar-refractivity contribution in [2.45, 2.75) is 19.8 Å². The lowest BCUT2D eigenvalue weighted by Crippen LogP contribution is -1.96. The molecule has 1 rings (SSSR count). The van der Waals surface area contributed by atoms with Crippen molar-refractivity contribution in [1.29, 1.82) is 0 Å². The molecule has 9 heavy (non-hydrogen) atoms. The monoisotopic (exact) mass is 122 g/mol. The lowest BCUT2D eigenvalue weighted by molar-refractivity contribution is 0.563. The zero-order valence-corrected chi connectivity index (χ0v) is 5.55. The molecule has 0 N–H and O–H groups in total. The van der Waals surface area contributed by atoms with Crippen LogP contribution in [0.2, 0.25) is 0 Å². The summed E-state index contributed by atoms with van der Waals surface area (Å²) in [6.45, 7) is 2.15. The third kappa shape index (κ3) is 1.55. The van der Waals surface area contributed by atoms with E-state index in [4.69, 9.17) is 0 Å². The van der Waals surface area contributed by atoms with Crippen molar-refractivity contribution in [3.8, 4) is 0 Å². The number of hydrogen-bond acceptors (Lipinski definition) is 1. The molecule has 1 aliphatic rings. The highest BCUT2D eigenvalue weighted by Gasteiger charge is 2.05. The Morgan fingerprint density at radius 1 is 1.78 bits per heavy atom. The largest absolute Gasteiger partial charge is 0.233 e. The van der Waals surface area contributed by atoms with Crippen molar-refractivity contribution in [2.75, 3.05) is 0 Å². The summed E-state index contributed by atoms with van der Waals surface area (Å²) < 4.78 is 0. The fourth-order valence-corrected chi connectivity index (χ4v) is 0.928. The van der Waals surface area contributed by atoms with E-state index in [-0.39, 0.29) is 0 Å². The molecule has 0 fully saturated rings. The quantitative estimate of drug-likeness (QED) is 0.447. The van der Waals surface area contributed by atoms with E-state index in [0.29, 0.717) is 5.92 Å². The third-order valence-corrected chi connectivity index (χ3v) is 1.63. The van der Waals surface area contributed by atoms with Crippen LogP contribution in [0.1, 0.15) is 19.8 Å². The molecule has 0 aliphatic heterocycles. The first-order valence-electron chi connectivity index (χ1n) is 3.25. The minimum Gasteiger partial charge on any atom is -0.233 e. The normalized spacial score (nSPS) is 25.9. The van der Waals surface area contributed by atoms with Gasteiger partial charge in [0.2, 0.25) is 0 Å². The molecule has 1 heteroatoms. The second kappa shape index (κ2) is 2.65. The summed E-state index contributed by atoms with van der Waals surface area (Å²) >= 11 is 0. The minimum atomic E-state index is 0.641. The first-order valence-corrected chi connectivity index (χ1v) is 3.25. The molecule has 48 valence electrons. The van der Waals surface area contributed by atoms with Gasteiger partial charge in [0.15, 0.2) is 0 Å². The lowest BCUT2D eigenvalue weighted by atomic mass is 9.95. The topological polar surface area (TPSA) is 17.1 Å². The Balaban J connectivity index is 2.69. The maximum absolute atomic E-state index is 10.1. The van der Waals surface area contributed by atoms with Gasteiger partial charge in [-0.25, -0.2) is 4.79 Å². The molecule has 0 bridgehead atoms. The molecule has 0 amide bonds. The van der Waals surface area contributed by atoms with Crippen LogP contribution < -0.4 is 0 Å². The van der Waals surface area contributed by atoms with Gasteiger partial charge >= 0.3 is 0 Å². The summed E-state index contributed by atoms with van der Waals surface area (Å²) in [6, 6.07) is 0. The van der Waals surface area contributed by atoms with Gasteiger partial charge in [0.1, 0.15) is 5.94 Å². The van der Waals surface area contributed by atoms with E-state index in [1.807, 2.05) is 12.0 Å². The molecular weight excluding hydrogens is 112 g/mol. The Bertz CT molecular complexity index is 173. The zero-order chi connectivity index (χ0) is 6.69. The summed E-state index contributed by atoms with van der Waals surface area (Å²) in [5.41, 5.74) is 0.813. The van der Waals surface area contributed by atoms with Crippen molar-refractivity contribution in [3.63, 3.8) is 0 Å². The Labute approximate surface area is 55.1 Å². The van der Waals surface area contributed by atoms with E-state index < -0.39 is 0 Å². The van der Waals surface area contributed by atoms with Gasteiger partial charge in [-0.15, -0.1) is 0 Å². The Morgan fingerprint density at radius 3 is 3.00 bits per heavy atom. The molecular formula is C8H10O. The third-order valence-electron chi connectivity index (χ3n) is 1.63. The summed E-state index contributed by atoms with van der Waals surface area (Å²) in [5.74, 6) is 2.55. The number of rotatable bonds is 0. The molecule has 0 heterocycles. The van der Waals surface area contributed by atoms with Crippen molar-refractivity contribution in [2.24, 2.45) is 5.92 Å². The van der Waals surface area contributed by atoms with E-state index in [1.54, 1.807) is 0 Å². The molecule has 1 aliphatic carbocycles. The second-order valence-corrected chi connectivity index (χ2v) is 2.50. The maximum atomic E-state index is 10.1. The van der Waals surface area contributed by atoms with E-state index in [1.165, 1.54) is 0 Å². The van der Waals surface area contributed by atoms with Gasteiger partial charge in [0, 0.05) is 5.57 Å². The molecule has 0 radical (unpaired) electrons.